The summed E-state index contributed by atoms with van der Waals surface area (Å²) >= 11 is 0. The predicted molar refractivity (Wildman–Crippen MR) is 107 cm³/mol. The largest absolute Gasteiger partial charge is 0.433 e. The van der Waals surface area contributed by atoms with Gasteiger partial charge in [0.2, 0.25) is 11.9 Å². The Kier molecular flexibility index (Phi) is 6.42. The molecule has 3 heterocycles. The highest BCUT2D eigenvalue weighted by Gasteiger charge is 2.41. The molecule has 0 radical (unpaired) electrons. The summed E-state index contributed by atoms with van der Waals surface area (Å²) in [5.74, 6) is -0.211. The number of hydrogen-bond acceptors (Lipinski definition) is 5. The minimum atomic E-state index is -4.56. The van der Waals surface area contributed by atoms with E-state index in [2.05, 4.69) is 20.3 Å². The standard InChI is InChI=1S/C20H23F3N6O2/c1-4-13-7-25-18(26-8-13)29-10-15(12(2)3)28(19(29)31)11-17(30)27-14-5-6-16(24-9-14)20(21,22)23/h5-9,12,15H,4,10-11H2,1-3H3,(H,27,30)/t15-/m1/s1. The van der Waals surface area contributed by atoms with Gasteiger partial charge < -0.3 is 10.2 Å². The maximum absolute atomic E-state index is 13.0. The van der Waals surface area contributed by atoms with E-state index in [-0.39, 0.29) is 30.1 Å². The van der Waals surface area contributed by atoms with E-state index in [0.717, 1.165) is 30.3 Å². The van der Waals surface area contributed by atoms with E-state index in [1.54, 1.807) is 12.4 Å². The summed E-state index contributed by atoms with van der Waals surface area (Å²) in [5.41, 5.74) is 0.00287. The van der Waals surface area contributed by atoms with Crippen LogP contribution >= 0.6 is 0 Å². The molecule has 1 saturated heterocycles. The molecule has 0 unspecified atom stereocenters. The summed E-state index contributed by atoms with van der Waals surface area (Å²) in [6.45, 7) is 5.92. The molecule has 0 bridgehead atoms. The Morgan fingerprint density at radius 3 is 2.39 bits per heavy atom. The zero-order valence-electron chi connectivity index (χ0n) is 17.3. The first-order valence-electron chi connectivity index (χ1n) is 9.82. The predicted octanol–water partition coefficient (Wildman–Crippen LogP) is 3.36. The summed E-state index contributed by atoms with van der Waals surface area (Å²) in [7, 11) is 0. The van der Waals surface area contributed by atoms with Gasteiger partial charge in [0.1, 0.15) is 12.2 Å². The lowest BCUT2D eigenvalue weighted by molar-refractivity contribution is -0.141. The molecule has 11 heteroatoms. The van der Waals surface area contributed by atoms with Gasteiger partial charge in [0.05, 0.1) is 24.5 Å². The van der Waals surface area contributed by atoms with Gasteiger partial charge >= 0.3 is 12.2 Å². The van der Waals surface area contributed by atoms with Gasteiger partial charge in [-0.05, 0) is 30.0 Å². The number of aryl methyl sites for hydroxylation is 1. The van der Waals surface area contributed by atoms with E-state index < -0.39 is 23.8 Å². The van der Waals surface area contributed by atoms with Gasteiger partial charge in [-0.1, -0.05) is 20.8 Å². The van der Waals surface area contributed by atoms with Crippen molar-refractivity contribution in [1.29, 1.82) is 0 Å². The Morgan fingerprint density at radius 2 is 1.87 bits per heavy atom. The molecule has 1 N–H and O–H groups in total. The van der Waals surface area contributed by atoms with Gasteiger partial charge in [-0.25, -0.2) is 19.7 Å². The number of aromatic nitrogens is 3. The van der Waals surface area contributed by atoms with Gasteiger partial charge in [-0.2, -0.15) is 13.2 Å². The van der Waals surface area contributed by atoms with Crippen LogP contribution in [0, 0.1) is 5.92 Å². The third-order valence-corrected chi connectivity index (χ3v) is 5.01. The van der Waals surface area contributed by atoms with Crippen molar-refractivity contribution in [2.24, 2.45) is 5.92 Å². The lowest BCUT2D eigenvalue weighted by Gasteiger charge is -2.25. The highest BCUT2D eigenvalue weighted by Crippen LogP contribution is 2.28. The minimum Gasteiger partial charge on any atom is -0.323 e. The molecule has 0 aromatic carbocycles. The van der Waals surface area contributed by atoms with Crippen LogP contribution in [0.5, 0.6) is 0 Å². The average Bonchev–Trinajstić information content (AvgIpc) is 3.04. The van der Waals surface area contributed by atoms with Crippen LogP contribution in [0.2, 0.25) is 0 Å². The van der Waals surface area contributed by atoms with E-state index in [1.807, 2.05) is 20.8 Å². The van der Waals surface area contributed by atoms with E-state index in [9.17, 15) is 22.8 Å². The number of carbonyl (C=O) groups is 2. The number of amides is 3. The van der Waals surface area contributed by atoms with Crippen LogP contribution in [0.1, 0.15) is 32.0 Å². The number of rotatable bonds is 6. The summed E-state index contributed by atoms with van der Waals surface area (Å²) < 4.78 is 37.9. The fourth-order valence-corrected chi connectivity index (χ4v) is 3.24. The lowest BCUT2D eigenvalue weighted by Crippen LogP contribution is -2.42. The number of hydrogen-bond donors (Lipinski definition) is 1. The van der Waals surface area contributed by atoms with Crippen molar-refractivity contribution in [3.8, 4) is 0 Å². The molecular formula is C20H23F3N6O2. The van der Waals surface area contributed by atoms with Gasteiger partial charge in [-0.3, -0.25) is 9.69 Å². The van der Waals surface area contributed by atoms with Crippen molar-refractivity contribution in [1.82, 2.24) is 19.9 Å². The number of halogens is 3. The molecule has 0 saturated carbocycles. The molecule has 2 aromatic rings. The van der Waals surface area contributed by atoms with E-state index in [1.165, 1.54) is 9.80 Å². The van der Waals surface area contributed by atoms with Crippen LogP contribution in [0.15, 0.2) is 30.7 Å². The van der Waals surface area contributed by atoms with Gasteiger partial charge in [-0.15, -0.1) is 0 Å². The molecule has 2 aromatic heterocycles. The second kappa shape index (κ2) is 8.86. The van der Waals surface area contributed by atoms with Crippen molar-refractivity contribution in [2.75, 3.05) is 23.3 Å². The highest BCUT2D eigenvalue weighted by atomic mass is 19.4. The van der Waals surface area contributed by atoms with E-state index in [0.29, 0.717) is 6.54 Å². The second-order valence-electron chi connectivity index (χ2n) is 7.56. The highest BCUT2D eigenvalue weighted by molar-refractivity contribution is 5.98. The monoisotopic (exact) mass is 436 g/mol. The number of carbonyl (C=O) groups excluding carboxylic acids is 2. The maximum atomic E-state index is 13.0. The van der Waals surface area contributed by atoms with Crippen molar-refractivity contribution in [3.63, 3.8) is 0 Å². The molecule has 1 atom stereocenters. The topological polar surface area (TPSA) is 91.3 Å². The third-order valence-electron chi connectivity index (χ3n) is 5.01. The normalized spacial score (nSPS) is 16.9. The summed E-state index contributed by atoms with van der Waals surface area (Å²) in [5, 5.41) is 2.48. The Morgan fingerprint density at radius 1 is 1.19 bits per heavy atom. The number of nitrogens with zero attached hydrogens (tertiary/aromatic N) is 5. The van der Waals surface area contributed by atoms with Crippen molar-refractivity contribution >= 4 is 23.6 Å². The first kappa shape index (κ1) is 22.4. The van der Waals surface area contributed by atoms with Gasteiger partial charge in [0.15, 0.2) is 0 Å². The number of urea groups is 1. The van der Waals surface area contributed by atoms with Crippen molar-refractivity contribution < 1.29 is 22.8 Å². The molecule has 1 aliphatic rings. The molecule has 0 spiro atoms. The quantitative estimate of drug-likeness (QED) is 0.750. The number of alkyl halides is 3. The Hall–Kier alpha value is -3.24. The Labute approximate surface area is 177 Å². The summed E-state index contributed by atoms with van der Waals surface area (Å²) in [6.07, 6.45) is 0.464. The van der Waals surface area contributed by atoms with Crippen LogP contribution in [0.4, 0.5) is 29.6 Å². The zero-order valence-corrected chi connectivity index (χ0v) is 17.3. The van der Waals surface area contributed by atoms with E-state index in [4.69, 9.17) is 0 Å². The van der Waals surface area contributed by atoms with Crippen molar-refractivity contribution in [3.05, 3.63) is 42.0 Å². The minimum absolute atomic E-state index is 0.0596. The van der Waals surface area contributed by atoms with Crippen LogP contribution in [0.25, 0.3) is 0 Å². The first-order valence-corrected chi connectivity index (χ1v) is 9.82. The summed E-state index contributed by atoms with van der Waals surface area (Å²) in [4.78, 5) is 40.1. The van der Waals surface area contributed by atoms with Crippen LogP contribution < -0.4 is 10.2 Å². The average molecular weight is 436 g/mol. The first-order chi connectivity index (χ1) is 14.6. The fraction of sp³-hybridized carbons (Fsp3) is 0.450. The Bertz CT molecular complexity index is 931. The second-order valence-corrected chi connectivity index (χ2v) is 7.56. The van der Waals surface area contributed by atoms with Crippen LogP contribution in [-0.2, 0) is 17.4 Å². The number of anilines is 2. The molecule has 1 fully saturated rings. The summed E-state index contributed by atoms with van der Waals surface area (Å²) in [6, 6.07) is 1.25. The van der Waals surface area contributed by atoms with Gasteiger partial charge in [0, 0.05) is 12.4 Å². The third kappa shape index (κ3) is 5.09. The fourth-order valence-electron chi connectivity index (χ4n) is 3.24. The lowest BCUT2D eigenvalue weighted by atomic mass is 10.0. The van der Waals surface area contributed by atoms with Crippen LogP contribution in [-0.4, -0.2) is 50.9 Å². The Balaban J connectivity index is 1.70. The number of nitrogens with one attached hydrogen (secondary N) is 1. The van der Waals surface area contributed by atoms with E-state index >= 15 is 0 Å². The molecular weight excluding hydrogens is 413 g/mol. The SMILES string of the molecule is CCc1cnc(N2C[C@H](C(C)C)N(CC(=O)Nc3ccc(C(F)(F)F)nc3)C2=O)nc1. The molecule has 3 amide bonds. The number of pyridine rings is 1. The maximum Gasteiger partial charge on any atom is 0.433 e. The molecule has 8 nitrogen and oxygen atoms in total. The smallest absolute Gasteiger partial charge is 0.323 e. The molecule has 166 valence electrons. The molecule has 1 aliphatic heterocycles. The molecule has 31 heavy (non-hydrogen) atoms. The van der Waals surface area contributed by atoms with Crippen molar-refractivity contribution in [2.45, 2.75) is 39.4 Å². The van der Waals surface area contributed by atoms with Gasteiger partial charge in [0.25, 0.3) is 0 Å². The van der Waals surface area contributed by atoms with Crippen LogP contribution in [0.3, 0.4) is 0 Å². The zero-order chi connectivity index (χ0) is 22.8. The molecule has 0 aliphatic carbocycles. The molecule has 3 rings (SSSR count).